The third-order valence-corrected chi connectivity index (χ3v) is 7.10. The second-order valence-corrected chi connectivity index (χ2v) is 9.86. The van der Waals surface area contributed by atoms with Crippen LogP contribution in [0.1, 0.15) is 23.5 Å². The Morgan fingerprint density at radius 2 is 1.81 bits per heavy atom. The van der Waals surface area contributed by atoms with E-state index < -0.39 is 0 Å². The SMILES string of the molecule is Nc1ccccc1NC(=O)/C=C/c1ccc(C(CN2C[C@H]3C[C@@H]2CO3)C(=O)Nc2ccc(Cl)cc2)cc1. The van der Waals surface area contributed by atoms with Gasteiger partial charge in [-0.3, -0.25) is 14.5 Å². The maximum Gasteiger partial charge on any atom is 0.248 e. The van der Waals surface area contributed by atoms with Crippen molar-refractivity contribution in [3.8, 4) is 0 Å². The highest BCUT2D eigenvalue weighted by Crippen LogP contribution is 2.31. The number of nitrogens with zero attached hydrogens (tertiary/aromatic N) is 1. The van der Waals surface area contributed by atoms with Gasteiger partial charge in [0.05, 0.1) is 30.0 Å². The Bertz CT molecular complexity index is 1290. The van der Waals surface area contributed by atoms with Crippen molar-refractivity contribution in [1.29, 1.82) is 0 Å². The quantitative estimate of drug-likeness (QED) is 0.296. The van der Waals surface area contributed by atoms with Gasteiger partial charge in [0.25, 0.3) is 0 Å². The molecule has 2 bridgehead atoms. The number of benzene rings is 3. The van der Waals surface area contributed by atoms with Crippen molar-refractivity contribution in [3.05, 3.63) is 95.0 Å². The summed E-state index contributed by atoms with van der Waals surface area (Å²) in [6.07, 6.45) is 4.48. The fourth-order valence-corrected chi connectivity index (χ4v) is 4.96. The molecule has 0 aliphatic carbocycles. The summed E-state index contributed by atoms with van der Waals surface area (Å²) in [4.78, 5) is 28.1. The first-order valence-electron chi connectivity index (χ1n) is 12.3. The fourth-order valence-electron chi connectivity index (χ4n) is 4.84. The summed E-state index contributed by atoms with van der Waals surface area (Å²) in [5.74, 6) is -0.708. The number of hydrogen-bond donors (Lipinski definition) is 3. The van der Waals surface area contributed by atoms with E-state index in [1.54, 1.807) is 42.5 Å². The summed E-state index contributed by atoms with van der Waals surface area (Å²) in [5.41, 5.74) is 9.44. The molecule has 7 nitrogen and oxygen atoms in total. The van der Waals surface area contributed by atoms with Crippen LogP contribution in [0.15, 0.2) is 78.9 Å². The highest BCUT2D eigenvalue weighted by molar-refractivity contribution is 6.30. The van der Waals surface area contributed by atoms with E-state index in [9.17, 15) is 9.59 Å². The van der Waals surface area contributed by atoms with Gasteiger partial charge in [-0.25, -0.2) is 0 Å². The zero-order chi connectivity index (χ0) is 25.8. The second-order valence-electron chi connectivity index (χ2n) is 9.42. The number of nitrogens with one attached hydrogen (secondary N) is 2. The van der Waals surface area contributed by atoms with Crippen LogP contribution < -0.4 is 16.4 Å². The van der Waals surface area contributed by atoms with Gasteiger partial charge >= 0.3 is 0 Å². The largest absolute Gasteiger partial charge is 0.397 e. The third kappa shape index (κ3) is 6.20. The molecule has 1 unspecified atom stereocenters. The van der Waals surface area contributed by atoms with Crippen LogP contribution in [-0.4, -0.2) is 48.6 Å². The summed E-state index contributed by atoms with van der Waals surface area (Å²) < 4.78 is 5.74. The van der Waals surface area contributed by atoms with Crippen LogP contribution in [0, 0.1) is 0 Å². The highest BCUT2D eigenvalue weighted by Gasteiger charge is 2.40. The maximum absolute atomic E-state index is 13.4. The molecule has 2 amide bonds. The molecule has 3 aromatic rings. The lowest BCUT2D eigenvalue weighted by atomic mass is 9.95. The number of anilines is 3. The van der Waals surface area contributed by atoms with Crippen molar-refractivity contribution in [2.24, 2.45) is 0 Å². The lowest BCUT2D eigenvalue weighted by molar-refractivity contribution is -0.118. The first-order chi connectivity index (χ1) is 17.9. The van der Waals surface area contributed by atoms with Crippen LogP contribution in [0.25, 0.3) is 6.08 Å². The van der Waals surface area contributed by atoms with Gasteiger partial charge in [-0.2, -0.15) is 0 Å². The summed E-state index contributed by atoms with van der Waals surface area (Å²) in [6.45, 7) is 2.17. The smallest absolute Gasteiger partial charge is 0.248 e. The number of carbonyl (C=O) groups excluding carboxylic acids is 2. The minimum atomic E-state index is -0.364. The Morgan fingerprint density at radius 1 is 1.05 bits per heavy atom. The van der Waals surface area contributed by atoms with E-state index in [2.05, 4.69) is 15.5 Å². The van der Waals surface area contributed by atoms with Crippen molar-refractivity contribution in [2.45, 2.75) is 24.5 Å². The molecule has 37 heavy (non-hydrogen) atoms. The fraction of sp³-hybridized carbons (Fsp3) is 0.241. The summed E-state index contributed by atoms with van der Waals surface area (Å²) >= 11 is 6.00. The molecule has 4 N–H and O–H groups in total. The molecule has 2 heterocycles. The molecule has 2 aliphatic heterocycles. The van der Waals surface area contributed by atoms with Gasteiger partial charge < -0.3 is 21.1 Å². The number of hydrogen-bond acceptors (Lipinski definition) is 5. The van der Waals surface area contributed by atoms with Gasteiger partial charge in [-0.15, -0.1) is 0 Å². The number of para-hydroxylation sites is 2. The molecule has 8 heteroatoms. The molecule has 0 spiro atoms. The molecule has 2 aliphatic rings. The summed E-state index contributed by atoms with van der Waals surface area (Å²) in [7, 11) is 0. The molecule has 0 radical (unpaired) electrons. The number of amides is 2. The predicted octanol–water partition coefficient (Wildman–Crippen LogP) is 4.77. The highest BCUT2D eigenvalue weighted by atomic mass is 35.5. The van der Waals surface area contributed by atoms with E-state index in [1.165, 1.54) is 6.08 Å². The Balaban J connectivity index is 1.29. The molecule has 2 fully saturated rings. The minimum Gasteiger partial charge on any atom is -0.397 e. The summed E-state index contributed by atoms with van der Waals surface area (Å²) in [5, 5.41) is 6.43. The van der Waals surface area contributed by atoms with Gasteiger partial charge in [0.2, 0.25) is 11.8 Å². The molecular weight excluding hydrogens is 488 g/mol. The Morgan fingerprint density at radius 3 is 2.49 bits per heavy atom. The molecule has 0 saturated carbocycles. The Labute approximate surface area is 221 Å². The number of ether oxygens (including phenoxy) is 1. The van der Waals surface area contributed by atoms with Crippen molar-refractivity contribution in [3.63, 3.8) is 0 Å². The van der Waals surface area contributed by atoms with Gasteiger partial charge in [0.15, 0.2) is 0 Å². The third-order valence-electron chi connectivity index (χ3n) is 6.84. The van der Waals surface area contributed by atoms with Crippen molar-refractivity contribution in [1.82, 2.24) is 4.90 Å². The van der Waals surface area contributed by atoms with Crippen LogP contribution in [0.3, 0.4) is 0 Å². The van der Waals surface area contributed by atoms with Crippen LogP contribution in [0.4, 0.5) is 17.1 Å². The number of morpholine rings is 1. The maximum atomic E-state index is 13.4. The van der Waals surface area contributed by atoms with Crippen LogP contribution in [0.2, 0.25) is 5.02 Å². The lowest BCUT2D eigenvalue weighted by Gasteiger charge is -2.30. The van der Waals surface area contributed by atoms with Crippen LogP contribution in [0.5, 0.6) is 0 Å². The van der Waals surface area contributed by atoms with Gasteiger partial charge in [-0.05, 0) is 60.0 Å². The zero-order valence-corrected chi connectivity index (χ0v) is 21.0. The number of carbonyl (C=O) groups is 2. The molecular formula is C29H29ClN4O3. The van der Waals surface area contributed by atoms with Crippen molar-refractivity contribution < 1.29 is 14.3 Å². The zero-order valence-electron chi connectivity index (χ0n) is 20.3. The molecule has 3 atom stereocenters. The topological polar surface area (TPSA) is 96.7 Å². The average molecular weight is 517 g/mol. The first-order valence-corrected chi connectivity index (χ1v) is 12.7. The van der Waals surface area contributed by atoms with Crippen LogP contribution in [-0.2, 0) is 14.3 Å². The van der Waals surface area contributed by atoms with Crippen molar-refractivity contribution in [2.75, 3.05) is 36.1 Å². The van der Waals surface area contributed by atoms with Gasteiger partial charge in [0, 0.05) is 35.9 Å². The van der Waals surface area contributed by atoms with Crippen LogP contribution >= 0.6 is 11.6 Å². The number of nitrogen functional groups attached to an aromatic ring is 1. The second kappa shape index (κ2) is 11.2. The Kier molecular flexibility index (Phi) is 7.55. The number of likely N-dealkylation sites (tertiary alicyclic amines) is 1. The normalized spacial score (nSPS) is 19.7. The number of fused-ring (bicyclic) bond motifs is 2. The van der Waals surface area contributed by atoms with E-state index in [-0.39, 0.29) is 23.8 Å². The van der Waals surface area contributed by atoms with E-state index in [0.717, 1.165) is 30.7 Å². The van der Waals surface area contributed by atoms with Gasteiger partial charge in [0.1, 0.15) is 0 Å². The predicted molar refractivity (Wildman–Crippen MR) is 148 cm³/mol. The average Bonchev–Trinajstić information content (AvgIpc) is 3.53. The van der Waals surface area contributed by atoms with Crippen molar-refractivity contribution >= 4 is 46.6 Å². The van der Waals surface area contributed by atoms with E-state index in [0.29, 0.717) is 34.7 Å². The van der Waals surface area contributed by atoms with Gasteiger partial charge in [-0.1, -0.05) is 48.0 Å². The summed E-state index contributed by atoms with van der Waals surface area (Å²) in [6, 6.07) is 22.3. The first kappa shape index (κ1) is 25.0. The molecule has 2 saturated heterocycles. The Hall–Kier alpha value is -3.65. The van der Waals surface area contributed by atoms with E-state index in [4.69, 9.17) is 22.1 Å². The standard InChI is InChI=1S/C29H29ClN4O3/c30-21-10-12-22(13-11-21)32-29(36)25(17-34-16-24-15-23(34)18-37-24)20-8-5-19(6-9-20)7-14-28(35)33-27-4-2-1-3-26(27)31/h1-14,23-25H,15-18,31H2,(H,32,36)(H,33,35)/b14-7+/t23-,24-,25?/m1/s1. The monoisotopic (exact) mass is 516 g/mol. The molecule has 190 valence electrons. The minimum absolute atomic E-state index is 0.0749. The van der Waals surface area contributed by atoms with E-state index in [1.807, 2.05) is 36.4 Å². The molecule has 3 aromatic carbocycles. The molecule has 0 aromatic heterocycles. The number of halogens is 1. The lowest BCUT2D eigenvalue weighted by Crippen LogP contribution is -2.42. The molecule has 5 rings (SSSR count). The number of rotatable bonds is 8. The van der Waals surface area contributed by atoms with E-state index >= 15 is 0 Å². The number of nitrogens with two attached hydrogens (primary N) is 1.